The van der Waals surface area contributed by atoms with Crippen LogP contribution in [0.25, 0.3) is 0 Å². The summed E-state index contributed by atoms with van der Waals surface area (Å²) >= 11 is 3.50. The zero-order chi connectivity index (χ0) is 19.3. The van der Waals surface area contributed by atoms with E-state index in [1.54, 1.807) is 0 Å². The van der Waals surface area contributed by atoms with Gasteiger partial charge < -0.3 is 9.80 Å². The number of benzene rings is 1. The molecule has 0 radical (unpaired) electrons. The molecule has 0 N–H and O–H groups in total. The molecule has 0 atom stereocenters. The summed E-state index contributed by atoms with van der Waals surface area (Å²) in [6, 6.07) is 7.61. The predicted octanol–water partition coefficient (Wildman–Crippen LogP) is 4.34. The molecule has 0 unspecified atom stereocenters. The molecule has 1 aliphatic heterocycles. The molecule has 1 saturated heterocycles. The third kappa shape index (κ3) is 3.20. The van der Waals surface area contributed by atoms with Crippen LogP contribution in [0.5, 0.6) is 0 Å². The van der Waals surface area contributed by atoms with Crippen LogP contribution in [0.4, 0.5) is 0 Å². The first-order valence-electron chi connectivity index (χ1n) is 10.9. The molecule has 5 heteroatoms. The highest BCUT2D eigenvalue weighted by Gasteiger charge is 2.55. The summed E-state index contributed by atoms with van der Waals surface area (Å²) < 4.78 is 0.839. The summed E-state index contributed by atoms with van der Waals surface area (Å²) in [7, 11) is 0. The van der Waals surface area contributed by atoms with E-state index in [1.807, 2.05) is 29.2 Å². The lowest BCUT2D eigenvalue weighted by molar-refractivity contribution is -0.157. The van der Waals surface area contributed by atoms with E-state index in [0.717, 1.165) is 61.0 Å². The van der Waals surface area contributed by atoms with Gasteiger partial charge in [-0.2, -0.15) is 0 Å². The number of carbonyl (C=O) groups excluding carboxylic acids is 2. The van der Waals surface area contributed by atoms with Gasteiger partial charge in [0.25, 0.3) is 5.91 Å². The van der Waals surface area contributed by atoms with E-state index in [9.17, 15) is 9.59 Å². The fourth-order valence-corrected chi connectivity index (χ4v) is 7.29. The van der Waals surface area contributed by atoms with Crippen LogP contribution in [0.3, 0.4) is 0 Å². The van der Waals surface area contributed by atoms with Crippen LogP contribution in [0.15, 0.2) is 28.7 Å². The van der Waals surface area contributed by atoms with Crippen LogP contribution < -0.4 is 0 Å². The van der Waals surface area contributed by atoms with Crippen LogP contribution in [0.2, 0.25) is 0 Å². The van der Waals surface area contributed by atoms with Gasteiger partial charge in [0.2, 0.25) is 5.91 Å². The van der Waals surface area contributed by atoms with Crippen LogP contribution >= 0.6 is 15.9 Å². The van der Waals surface area contributed by atoms with E-state index in [-0.39, 0.29) is 11.3 Å². The van der Waals surface area contributed by atoms with Crippen molar-refractivity contribution in [2.45, 2.75) is 44.9 Å². The third-order valence-corrected chi connectivity index (χ3v) is 8.36. The summed E-state index contributed by atoms with van der Waals surface area (Å²) in [5, 5.41) is 0. The Hall–Kier alpha value is -1.36. The van der Waals surface area contributed by atoms with E-state index >= 15 is 0 Å². The van der Waals surface area contributed by atoms with Gasteiger partial charge >= 0.3 is 0 Å². The monoisotopic (exact) mass is 444 g/mol. The minimum Gasteiger partial charge on any atom is -0.340 e. The summed E-state index contributed by atoms with van der Waals surface area (Å²) in [6.45, 7) is 2.83. The molecular formula is C23H29BrN2O2. The molecular weight excluding hydrogens is 416 g/mol. The molecule has 5 aliphatic rings. The highest BCUT2D eigenvalue weighted by atomic mass is 79.9. The maximum Gasteiger partial charge on any atom is 0.255 e. The molecule has 4 aliphatic carbocycles. The van der Waals surface area contributed by atoms with Crippen LogP contribution in [0.1, 0.15) is 55.3 Å². The Bertz CT molecular complexity index is 757. The van der Waals surface area contributed by atoms with Gasteiger partial charge in [-0.25, -0.2) is 0 Å². The highest BCUT2D eigenvalue weighted by molar-refractivity contribution is 9.10. The minimum atomic E-state index is -0.0730. The number of halogens is 1. The molecule has 5 fully saturated rings. The third-order valence-electron chi connectivity index (χ3n) is 7.67. The molecule has 1 aromatic carbocycles. The molecule has 28 heavy (non-hydrogen) atoms. The second kappa shape index (κ2) is 7.16. The zero-order valence-corrected chi connectivity index (χ0v) is 18.0. The molecule has 2 amide bonds. The molecule has 0 spiro atoms. The van der Waals surface area contributed by atoms with E-state index in [0.29, 0.717) is 24.6 Å². The SMILES string of the molecule is O=C(c1ccccc1Br)N1CCCN(C(=O)C23CC4CC(CC(C4)C2)C3)CC1. The largest absolute Gasteiger partial charge is 0.340 e. The quantitative estimate of drug-likeness (QED) is 0.680. The first kappa shape index (κ1) is 18.7. The molecule has 4 nitrogen and oxygen atoms in total. The van der Waals surface area contributed by atoms with Gasteiger partial charge in [0.1, 0.15) is 0 Å². The number of hydrogen-bond acceptors (Lipinski definition) is 2. The normalized spacial score (nSPS) is 34.4. The molecule has 1 heterocycles. The second-order valence-corrected chi connectivity index (χ2v) is 10.5. The fourth-order valence-electron chi connectivity index (χ4n) is 6.84. The molecule has 4 bridgehead atoms. The Morgan fingerprint density at radius 1 is 0.857 bits per heavy atom. The molecule has 4 saturated carbocycles. The van der Waals surface area contributed by atoms with E-state index < -0.39 is 0 Å². The van der Waals surface area contributed by atoms with Gasteiger partial charge in [-0.3, -0.25) is 9.59 Å². The van der Waals surface area contributed by atoms with Gasteiger partial charge in [-0.1, -0.05) is 12.1 Å². The van der Waals surface area contributed by atoms with E-state index in [2.05, 4.69) is 20.8 Å². The molecule has 150 valence electrons. The first-order chi connectivity index (χ1) is 13.5. The summed E-state index contributed by atoms with van der Waals surface area (Å²) in [4.78, 5) is 30.6. The lowest BCUT2D eigenvalue weighted by atomic mass is 9.49. The minimum absolute atomic E-state index is 0.0663. The van der Waals surface area contributed by atoms with Gasteiger partial charge in [0.05, 0.1) is 11.0 Å². The number of nitrogens with zero attached hydrogens (tertiary/aromatic N) is 2. The second-order valence-electron chi connectivity index (χ2n) is 9.62. The Labute approximate surface area is 175 Å². The summed E-state index contributed by atoms with van der Waals surface area (Å²) in [6.07, 6.45) is 8.31. The van der Waals surface area contributed by atoms with Crippen molar-refractivity contribution >= 4 is 27.7 Å². The van der Waals surface area contributed by atoms with Crippen molar-refractivity contribution in [2.24, 2.45) is 23.2 Å². The fraction of sp³-hybridized carbons (Fsp3) is 0.652. The van der Waals surface area contributed by atoms with Crippen molar-refractivity contribution in [1.82, 2.24) is 9.80 Å². The highest BCUT2D eigenvalue weighted by Crippen LogP contribution is 2.60. The zero-order valence-electron chi connectivity index (χ0n) is 16.4. The van der Waals surface area contributed by atoms with Gasteiger partial charge in [-0.05, 0) is 90.8 Å². The van der Waals surface area contributed by atoms with Gasteiger partial charge in [-0.15, -0.1) is 0 Å². The van der Waals surface area contributed by atoms with Crippen molar-refractivity contribution in [2.75, 3.05) is 26.2 Å². The Balaban J connectivity index is 1.28. The Morgan fingerprint density at radius 2 is 1.43 bits per heavy atom. The standard InChI is InChI=1S/C23H29BrN2O2/c24-20-5-2-1-4-19(20)21(27)25-6-3-7-26(9-8-25)22(28)23-13-16-10-17(14-23)12-18(11-16)15-23/h1-2,4-5,16-18H,3,6-15H2. The number of amides is 2. The van der Waals surface area contributed by atoms with E-state index in [4.69, 9.17) is 0 Å². The van der Waals surface area contributed by atoms with Crippen molar-refractivity contribution in [3.63, 3.8) is 0 Å². The summed E-state index contributed by atoms with van der Waals surface area (Å²) in [5.74, 6) is 2.83. The van der Waals surface area contributed by atoms with Gasteiger partial charge in [0.15, 0.2) is 0 Å². The topological polar surface area (TPSA) is 40.6 Å². The van der Waals surface area contributed by atoms with Crippen molar-refractivity contribution < 1.29 is 9.59 Å². The van der Waals surface area contributed by atoms with Crippen molar-refractivity contribution in [3.8, 4) is 0 Å². The first-order valence-corrected chi connectivity index (χ1v) is 11.7. The van der Waals surface area contributed by atoms with Crippen LogP contribution in [-0.2, 0) is 4.79 Å². The number of hydrogen-bond donors (Lipinski definition) is 0. The lowest BCUT2D eigenvalue weighted by Crippen LogP contribution is -2.55. The van der Waals surface area contributed by atoms with E-state index in [1.165, 1.54) is 19.3 Å². The Morgan fingerprint density at radius 3 is 2.07 bits per heavy atom. The van der Waals surface area contributed by atoms with Crippen molar-refractivity contribution in [1.29, 1.82) is 0 Å². The average molecular weight is 445 g/mol. The smallest absolute Gasteiger partial charge is 0.255 e. The van der Waals surface area contributed by atoms with Crippen LogP contribution in [-0.4, -0.2) is 47.8 Å². The Kier molecular flexibility index (Phi) is 4.77. The molecule has 1 aromatic rings. The predicted molar refractivity (Wildman–Crippen MR) is 112 cm³/mol. The van der Waals surface area contributed by atoms with Gasteiger partial charge in [0, 0.05) is 30.7 Å². The number of rotatable bonds is 2. The summed E-state index contributed by atoms with van der Waals surface area (Å²) in [5.41, 5.74) is 0.638. The average Bonchev–Trinajstić information content (AvgIpc) is 2.92. The molecule has 6 rings (SSSR count). The number of carbonyl (C=O) groups is 2. The molecule has 0 aromatic heterocycles. The van der Waals surface area contributed by atoms with Crippen molar-refractivity contribution in [3.05, 3.63) is 34.3 Å². The maximum absolute atomic E-state index is 13.6. The van der Waals surface area contributed by atoms with Crippen LogP contribution in [0, 0.1) is 23.2 Å². The maximum atomic E-state index is 13.6. The lowest BCUT2D eigenvalue weighted by Gasteiger charge is -2.56.